The molecule has 0 bridgehead atoms. The van der Waals surface area contributed by atoms with Crippen LogP contribution >= 0.6 is 15.9 Å². The Morgan fingerprint density at radius 3 is 2.67 bits per heavy atom. The summed E-state index contributed by atoms with van der Waals surface area (Å²) < 4.78 is 13.7. The summed E-state index contributed by atoms with van der Waals surface area (Å²) in [6.45, 7) is 2.09. The zero-order valence-corrected chi connectivity index (χ0v) is 11.6. The van der Waals surface area contributed by atoms with E-state index in [0.29, 0.717) is 15.8 Å². The van der Waals surface area contributed by atoms with Gasteiger partial charge < -0.3 is 11.1 Å². The van der Waals surface area contributed by atoms with Gasteiger partial charge in [-0.3, -0.25) is 0 Å². The lowest BCUT2D eigenvalue weighted by Gasteiger charge is -2.13. The number of nitrogen functional groups attached to an aromatic ring is 1. The van der Waals surface area contributed by atoms with Gasteiger partial charge in [-0.05, 0) is 40.0 Å². The van der Waals surface area contributed by atoms with E-state index in [1.807, 2.05) is 18.2 Å². The fourth-order valence-corrected chi connectivity index (χ4v) is 2.11. The largest absolute Gasteiger partial charge is 0.397 e. The third kappa shape index (κ3) is 2.64. The molecule has 2 aromatic carbocycles. The first-order valence-corrected chi connectivity index (χ1v) is 6.50. The molecule has 2 nitrogen and oxygen atoms in total. The number of benzene rings is 2. The van der Waals surface area contributed by atoms with Crippen molar-refractivity contribution in [1.82, 2.24) is 0 Å². The van der Waals surface area contributed by atoms with Crippen molar-refractivity contribution >= 4 is 33.0 Å². The molecule has 0 fully saturated rings. The number of rotatable bonds is 3. The number of nitrogens with two attached hydrogens (primary N) is 1. The van der Waals surface area contributed by atoms with Crippen molar-refractivity contribution in [1.29, 1.82) is 0 Å². The highest BCUT2D eigenvalue weighted by molar-refractivity contribution is 9.10. The fourth-order valence-electron chi connectivity index (χ4n) is 1.77. The number of hydrogen-bond acceptors (Lipinski definition) is 2. The predicted octanol–water partition coefficient (Wildman–Crippen LogP) is 4.48. The van der Waals surface area contributed by atoms with Gasteiger partial charge in [-0.1, -0.05) is 25.1 Å². The maximum atomic E-state index is 13.3. The Hall–Kier alpha value is -1.55. The maximum Gasteiger partial charge on any atom is 0.139 e. The highest BCUT2D eigenvalue weighted by Gasteiger charge is 2.07. The number of para-hydroxylation sites is 1. The first kappa shape index (κ1) is 12.9. The molecule has 0 amide bonds. The van der Waals surface area contributed by atoms with Crippen LogP contribution < -0.4 is 11.1 Å². The molecule has 0 atom stereocenters. The van der Waals surface area contributed by atoms with E-state index in [1.165, 1.54) is 11.6 Å². The van der Waals surface area contributed by atoms with E-state index in [2.05, 4.69) is 34.2 Å². The molecule has 2 rings (SSSR count). The third-order valence-corrected chi connectivity index (χ3v) is 3.37. The average molecular weight is 309 g/mol. The third-order valence-electron chi connectivity index (χ3n) is 2.76. The van der Waals surface area contributed by atoms with E-state index in [1.54, 1.807) is 6.07 Å². The highest BCUT2D eigenvalue weighted by Crippen LogP contribution is 2.30. The summed E-state index contributed by atoms with van der Waals surface area (Å²) in [5, 5.41) is 3.24. The van der Waals surface area contributed by atoms with E-state index >= 15 is 0 Å². The number of halogens is 2. The molecular formula is C14H14BrFN2. The highest BCUT2D eigenvalue weighted by atomic mass is 79.9. The van der Waals surface area contributed by atoms with Crippen molar-refractivity contribution in [2.75, 3.05) is 11.1 Å². The molecule has 2 aromatic rings. The minimum Gasteiger partial charge on any atom is -0.397 e. The van der Waals surface area contributed by atoms with E-state index in [9.17, 15) is 4.39 Å². The fraction of sp³-hybridized carbons (Fsp3) is 0.143. The van der Waals surface area contributed by atoms with Gasteiger partial charge >= 0.3 is 0 Å². The van der Waals surface area contributed by atoms with Gasteiger partial charge in [0, 0.05) is 11.8 Å². The molecule has 0 spiro atoms. The Morgan fingerprint density at radius 2 is 1.94 bits per heavy atom. The van der Waals surface area contributed by atoms with Crippen molar-refractivity contribution in [2.24, 2.45) is 0 Å². The van der Waals surface area contributed by atoms with E-state index in [0.717, 1.165) is 12.1 Å². The second kappa shape index (κ2) is 5.40. The van der Waals surface area contributed by atoms with Crippen LogP contribution in [0.4, 0.5) is 21.5 Å². The minimum atomic E-state index is -0.359. The van der Waals surface area contributed by atoms with Crippen LogP contribution in [-0.4, -0.2) is 0 Å². The summed E-state index contributed by atoms with van der Waals surface area (Å²) in [4.78, 5) is 0. The van der Waals surface area contributed by atoms with Crippen LogP contribution in [0.15, 0.2) is 40.9 Å². The summed E-state index contributed by atoms with van der Waals surface area (Å²) in [6.07, 6.45) is 0.922. The van der Waals surface area contributed by atoms with Gasteiger partial charge in [-0.15, -0.1) is 0 Å². The first-order valence-electron chi connectivity index (χ1n) is 5.71. The molecule has 0 radical (unpaired) electrons. The molecule has 0 unspecified atom stereocenters. The molecule has 3 N–H and O–H groups in total. The summed E-state index contributed by atoms with van der Waals surface area (Å²) in [7, 11) is 0. The molecule has 4 heteroatoms. The van der Waals surface area contributed by atoms with Crippen LogP contribution in [0.5, 0.6) is 0 Å². The Bertz CT molecular complexity index is 570. The standard InChI is InChI=1S/C14H14BrFN2/c1-2-9-5-3-4-6-13(9)18-14-7-10(15)11(16)8-12(14)17/h3-8,18H,2,17H2,1H3. The molecule has 94 valence electrons. The quantitative estimate of drug-likeness (QED) is 0.821. The normalized spacial score (nSPS) is 10.4. The van der Waals surface area contributed by atoms with Gasteiger partial charge in [0.25, 0.3) is 0 Å². The van der Waals surface area contributed by atoms with Crippen molar-refractivity contribution < 1.29 is 4.39 Å². The zero-order valence-electron chi connectivity index (χ0n) is 10.0. The number of hydrogen-bond donors (Lipinski definition) is 2. The molecule has 0 saturated carbocycles. The predicted molar refractivity (Wildman–Crippen MR) is 77.6 cm³/mol. The molecule has 0 saturated heterocycles. The van der Waals surface area contributed by atoms with Crippen molar-refractivity contribution in [3.05, 3.63) is 52.3 Å². The second-order valence-electron chi connectivity index (χ2n) is 3.99. The van der Waals surface area contributed by atoms with Crippen molar-refractivity contribution in [2.45, 2.75) is 13.3 Å². The lowest BCUT2D eigenvalue weighted by Crippen LogP contribution is -2.00. The van der Waals surface area contributed by atoms with Crippen LogP contribution in [-0.2, 0) is 6.42 Å². The lowest BCUT2D eigenvalue weighted by molar-refractivity contribution is 0.622. The van der Waals surface area contributed by atoms with Crippen LogP contribution in [0.3, 0.4) is 0 Å². The van der Waals surface area contributed by atoms with Gasteiger partial charge in [0.15, 0.2) is 0 Å². The van der Waals surface area contributed by atoms with Crippen LogP contribution in [0.25, 0.3) is 0 Å². The molecule has 0 aliphatic carbocycles. The van der Waals surface area contributed by atoms with Crippen LogP contribution in [0.1, 0.15) is 12.5 Å². The molecule has 0 aromatic heterocycles. The number of anilines is 3. The van der Waals surface area contributed by atoms with Gasteiger partial charge in [0.2, 0.25) is 0 Å². The summed E-state index contributed by atoms with van der Waals surface area (Å²) in [5.41, 5.74) is 9.08. The lowest BCUT2D eigenvalue weighted by atomic mass is 10.1. The van der Waals surface area contributed by atoms with E-state index < -0.39 is 0 Å². The van der Waals surface area contributed by atoms with Crippen molar-refractivity contribution in [3.8, 4) is 0 Å². The SMILES string of the molecule is CCc1ccccc1Nc1cc(Br)c(F)cc1N. The number of nitrogens with one attached hydrogen (secondary N) is 1. The molecule has 0 heterocycles. The van der Waals surface area contributed by atoms with Crippen molar-refractivity contribution in [3.63, 3.8) is 0 Å². The zero-order chi connectivity index (χ0) is 13.1. The van der Waals surface area contributed by atoms with Gasteiger partial charge in [-0.25, -0.2) is 4.39 Å². The minimum absolute atomic E-state index is 0.359. The molecule has 0 aliphatic heterocycles. The van der Waals surface area contributed by atoms with Crippen LogP contribution in [0, 0.1) is 5.82 Å². The first-order chi connectivity index (χ1) is 8.61. The topological polar surface area (TPSA) is 38.0 Å². The average Bonchev–Trinajstić information content (AvgIpc) is 2.36. The van der Waals surface area contributed by atoms with Gasteiger partial charge in [0.1, 0.15) is 5.82 Å². The Kier molecular flexibility index (Phi) is 3.87. The molecule has 0 aliphatic rings. The van der Waals surface area contributed by atoms with Gasteiger partial charge in [0.05, 0.1) is 15.8 Å². The second-order valence-corrected chi connectivity index (χ2v) is 4.84. The number of aryl methyl sites for hydroxylation is 1. The molecule has 18 heavy (non-hydrogen) atoms. The van der Waals surface area contributed by atoms with E-state index in [4.69, 9.17) is 5.73 Å². The van der Waals surface area contributed by atoms with Crippen LogP contribution in [0.2, 0.25) is 0 Å². The summed E-state index contributed by atoms with van der Waals surface area (Å²) >= 11 is 3.16. The Labute approximate surface area is 114 Å². The van der Waals surface area contributed by atoms with Gasteiger partial charge in [-0.2, -0.15) is 0 Å². The Morgan fingerprint density at radius 1 is 1.22 bits per heavy atom. The monoisotopic (exact) mass is 308 g/mol. The summed E-state index contributed by atoms with van der Waals surface area (Å²) in [6, 6.07) is 10.9. The molecular weight excluding hydrogens is 295 g/mol. The summed E-state index contributed by atoms with van der Waals surface area (Å²) in [5.74, 6) is -0.359. The smallest absolute Gasteiger partial charge is 0.139 e. The Balaban J connectivity index is 2.37. The van der Waals surface area contributed by atoms with E-state index in [-0.39, 0.29) is 5.82 Å². The maximum absolute atomic E-state index is 13.3.